The maximum atomic E-state index is 5.96. The van der Waals surface area contributed by atoms with Gasteiger partial charge in [-0.05, 0) is 43.0 Å². The third-order valence-electron chi connectivity index (χ3n) is 3.37. The van der Waals surface area contributed by atoms with Crippen molar-refractivity contribution in [1.29, 1.82) is 0 Å². The van der Waals surface area contributed by atoms with Crippen molar-refractivity contribution in [2.75, 3.05) is 6.26 Å². The maximum absolute atomic E-state index is 5.96. The van der Waals surface area contributed by atoms with Crippen LogP contribution in [-0.4, -0.2) is 26.2 Å². The lowest BCUT2D eigenvalue weighted by molar-refractivity contribution is 0.987. The lowest BCUT2D eigenvalue weighted by atomic mass is 10.1. The van der Waals surface area contributed by atoms with Gasteiger partial charge >= 0.3 is 0 Å². The molecule has 0 aliphatic carbocycles. The van der Waals surface area contributed by atoms with Gasteiger partial charge in [-0.15, -0.1) is 11.8 Å². The van der Waals surface area contributed by atoms with E-state index in [1.54, 1.807) is 24.2 Å². The zero-order valence-electron chi connectivity index (χ0n) is 12.8. The van der Waals surface area contributed by atoms with Gasteiger partial charge in [0.25, 0.3) is 0 Å². The van der Waals surface area contributed by atoms with Crippen LogP contribution < -0.4 is 0 Å². The predicted molar refractivity (Wildman–Crippen MR) is 94.7 cm³/mol. The summed E-state index contributed by atoms with van der Waals surface area (Å²) in [6.07, 6.45) is 6.20. The molecule has 0 saturated heterocycles. The number of hydrogen-bond acceptors (Lipinski definition) is 5. The Bertz CT molecular complexity index is 821. The molecule has 0 unspecified atom stereocenters. The molecule has 0 N–H and O–H groups in total. The summed E-state index contributed by atoms with van der Waals surface area (Å²) in [5.74, 6) is 0.663. The van der Waals surface area contributed by atoms with E-state index in [0.717, 1.165) is 34.1 Å². The molecule has 23 heavy (non-hydrogen) atoms. The first-order valence-electron chi connectivity index (χ1n) is 7.20. The van der Waals surface area contributed by atoms with E-state index in [9.17, 15) is 0 Å². The molecule has 0 aliphatic rings. The minimum atomic E-state index is 0.663. The summed E-state index contributed by atoms with van der Waals surface area (Å²) in [5, 5.41) is 1.59. The highest BCUT2D eigenvalue weighted by atomic mass is 35.5. The number of halogens is 1. The van der Waals surface area contributed by atoms with Crippen molar-refractivity contribution in [1.82, 2.24) is 19.9 Å². The molecule has 3 aromatic rings. The van der Waals surface area contributed by atoms with Gasteiger partial charge < -0.3 is 0 Å². The quantitative estimate of drug-likeness (QED) is 0.514. The highest BCUT2D eigenvalue weighted by Crippen LogP contribution is 2.26. The molecule has 0 radical (unpaired) electrons. The molecule has 0 aliphatic heterocycles. The normalized spacial score (nSPS) is 10.7. The summed E-state index contributed by atoms with van der Waals surface area (Å²) in [5.41, 5.74) is 3.45. The van der Waals surface area contributed by atoms with Crippen LogP contribution in [0, 0.1) is 0 Å². The van der Waals surface area contributed by atoms with Crippen LogP contribution in [0.15, 0.2) is 47.8 Å². The van der Waals surface area contributed by atoms with Crippen LogP contribution in [0.5, 0.6) is 0 Å². The summed E-state index contributed by atoms with van der Waals surface area (Å²) in [6.45, 7) is 2.06. The van der Waals surface area contributed by atoms with Gasteiger partial charge in [0.15, 0.2) is 5.82 Å². The molecule has 0 amide bonds. The van der Waals surface area contributed by atoms with Crippen molar-refractivity contribution in [3.05, 3.63) is 53.4 Å². The number of thioether (sulfide) groups is 1. The molecule has 0 atom stereocenters. The van der Waals surface area contributed by atoms with Gasteiger partial charge in [0, 0.05) is 23.0 Å². The summed E-state index contributed by atoms with van der Waals surface area (Å²) in [4.78, 5) is 18.1. The van der Waals surface area contributed by atoms with E-state index in [4.69, 9.17) is 16.6 Å². The molecular formula is C17H15ClN4S. The van der Waals surface area contributed by atoms with Crippen molar-refractivity contribution in [3.63, 3.8) is 0 Å². The standard InChI is InChI=1S/C17H15ClN4S/c1-3-13-16(20-9-8-19-13)14-10-15(23-2)22-17(21-14)11-4-6-12(18)7-5-11/h4-10H,3H2,1-2H3. The zero-order chi connectivity index (χ0) is 16.2. The number of nitrogens with zero attached hydrogens (tertiary/aromatic N) is 4. The summed E-state index contributed by atoms with van der Waals surface area (Å²) >= 11 is 7.54. The summed E-state index contributed by atoms with van der Waals surface area (Å²) < 4.78 is 0. The molecule has 3 rings (SSSR count). The number of aromatic nitrogens is 4. The Morgan fingerprint density at radius 2 is 1.78 bits per heavy atom. The fourth-order valence-corrected chi connectivity index (χ4v) is 2.75. The van der Waals surface area contributed by atoms with Crippen molar-refractivity contribution in [3.8, 4) is 22.8 Å². The number of hydrogen-bond donors (Lipinski definition) is 0. The van der Waals surface area contributed by atoms with Gasteiger partial charge in [0.05, 0.1) is 11.4 Å². The largest absolute Gasteiger partial charge is 0.257 e. The Kier molecular flexibility index (Phi) is 4.88. The molecule has 0 fully saturated rings. The van der Waals surface area contributed by atoms with Gasteiger partial charge in [-0.25, -0.2) is 9.97 Å². The van der Waals surface area contributed by atoms with E-state index in [-0.39, 0.29) is 0 Å². The second-order valence-corrected chi connectivity index (χ2v) is 6.09. The van der Waals surface area contributed by atoms with Crippen LogP contribution in [0.25, 0.3) is 22.8 Å². The number of rotatable bonds is 4. The zero-order valence-corrected chi connectivity index (χ0v) is 14.4. The Hall–Kier alpha value is -1.98. The first-order chi connectivity index (χ1) is 11.2. The minimum absolute atomic E-state index is 0.663. The minimum Gasteiger partial charge on any atom is -0.257 e. The number of benzene rings is 1. The topological polar surface area (TPSA) is 51.6 Å². The maximum Gasteiger partial charge on any atom is 0.161 e. The van der Waals surface area contributed by atoms with Crippen LogP contribution in [0.4, 0.5) is 0 Å². The highest BCUT2D eigenvalue weighted by Gasteiger charge is 2.12. The Morgan fingerprint density at radius 1 is 1.04 bits per heavy atom. The number of aryl methyl sites for hydroxylation is 1. The first kappa shape index (κ1) is 15.9. The second-order valence-electron chi connectivity index (χ2n) is 4.83. The Labute approximate surface area is 144 Å². The van der Waals surface area contributed by atoms with Crippen molar-refractivity contribution in [2.45, 2.75) is 18.4 Å². The molecule has 116 valence electrons. The molecule has 6 heteroatoms. The van der Waals surface area contributed by atoms with Gasteiger partial charge in [-0.2, -0.15) is 0 Å². The summed E-state index contributed by atoms with van der Waals surface area (Å²) in [6, 6.07) is 9.47. The van der Waals surface area contributed by atoms with E-state index in [0.29, 0.717) is 10.8 Å². The van der Waals surface area contributed by atoms with E-state index in [2.05, 4.69) is 21.9 Å². The van der Waals surface area contributed by atoms with Gasteiger partial charge in [0.1, 0.15) is 10.7 Å². The molecular weight excluding hydrogens is 328 g/mol. The molecule has 0 saturated carbocycles. The smallest absolute Gasteiger partial charge is 0.161 e. The molecule has 2 heterocycles. The SMILES string of the molecule is CCc1nccnc1-c1cc(SC)nc(-c2ccc(Cl)cc2)n1. The van der Waals surface area contributed by atoms with Crippen LogP contribution in [-0.2, 0) is 6.42 Å². The van der Waals surface area contributed by atoms with E-state index < -0.39 is 0 Å². The molecule has 4 nitrogen and oxygen atoms in total. The fraction of sp³-hybridized carbons (Fsp3) is 0.176. The van der Waals surface area contributed by atoms with Crippen molar-refractivity contribution in [2.24, 2.45) is 0 Å². The van der Waals surface area contributed by atoms with Gasteiger partial charge in [-0.3, -0.25) is 9.97 Å². The molecule has 1 aromatic carbocycles. The molecule has 0 bridgehead atoms. The molecule has 2 aromatic heterocycles. The Morgan fingerprint density at radius 3 is 2.48 bits per heavy atom. The average molecular weight is 343 g/mol. The predicted octanol–water partition coefficient (Wildman–Crippen LogP) is 4.54. The lowest BCUT2D eigenvalue weighted by Gasteiger charge is -2.09. The van der Waals surface area contributed by atoms with Crippen LogP contribution in [0.1, 0.15) is 12.6 Å². The monoisotopic (exact) mass is 342 g/mol. The second kappa shape index (κ2) is 7.06. The molecule has 0 spiro atoms. The first-order valence-corrected chi connectivity index (χ1v) is 8.80. The third kappa shape index (κ3) is 3.51. The highest BCUT2D eigenvalue weighted by molar-refractivity contribution is 7.98. The van der Waals surface area contributed by atoms with Crippen molar-refractivity contribution < 1.29 is 0 Å². The fourth-order valence-electron chi connectivity index (χ4n) is 2.22. The van der Waals surface area contributed by atoms with Gasteiger partial charge in [-0.1, -0.05) is 18.5 Å². The van der Waals surface area contributed by atoms with Crippen LogP contribution in [0.3, 0.4) is 0 Å². The summed E-state index contributed by atoms with van der Waals surface area (Å²) in [7, 11) is 0. The van der Waals surface area contributed by atoms with Crippen molar-refractivity contribution >= 4 is 23.4 Å². The van der Waals surface area contributed by atoms with E-state index in [1.165, 1.54) is 0 Å². The average Bonchev–Trinajstić information content (AvgIpc) is 2.61. The van der Waals surface area contributed by atoms with E-state index >= 15 is 0 Å². The van der Waals surface area contributed by atoms with Crippen LogP contribution in [0.2, 0.25) is 5.02 Å². The van der Waals surface area contributed by atoms with Crippen LogP contribution >= 0.6 is 23.4 Å². The lowest BCUT2D eigenvalue weighted by Crippen LogP contribution is -2.00. The Balaban J connectivity index is 2.15. The van der Waals surface area contributed by atoms with E-state index in [1.807, 2.05) is 36.6 Å². The van der Waals surface area contributed by atoms with Gasteiger partial charge in [0.2, 0.25) is 0 Å². The third-order valence-corrected chi connectivity index (χ3v) is 4.25.